The largest absolute Gasteiger partial charge is 0.223 e. The van der Waals surface area contributed by atoms with Gasteiger partial charge in [-0.25, -0.2) is 8.42 Å². The molecule has 0 fully saturated rings. The Morgan fingerprint density at radius 1 is 1.21 bits per heavy atom. The second kappa shape index (κ2) is 7.29. The lowest BCUT2D eigenvalue weighted by Gasteiger charge is -2.03. The maximum absolute atomic E-state index is 12.0. The molecule has 0 bridgehead atoms. The normalized spacial score (nSPS) is 13.6. The van der Waals surface area contributed by atoms with Gasteiger partial charge in [-0.05, 0) is 37.8 Å². The van der Waals surface area contributed by atoms with E-state index in [-0.39, 0.29) is 5.75 Å². The molecule has 1 rings (SSSR count). The van der Waals surface area contributed by atoms with Crippen molar-refractivity contribution < 1.29 is 8.42 Å². The summed E-state index contributed by atoms with van der Waals surface area (Å²) in [4.78, 5) is 0.391. The van der Waals surface area contributed by atoms with E-state index < -0.39 is 9.84 Å². The summed E-state index contributed by atoms with van der Waals surface area (Å²) >= 11 is 0. The third kappa shape index (κ3) is 5.43. The molecule has 0 aliphatic carbocycles. The van der Waals surface area contributed by atoms with Gasteiger partial charge in [0.2, 0.25) is 0 Å². The first kappa shape index (κ1) is 15.7. The van der Waals surface area contributed by atoms with Crippen LogP contribution in [0, 0.1) is 12.8 Å². The minimum atomic E-state index is -3.19. The van der Waals surface area contributed by atoms with E-state index in [2.05, 4.69) is 13.5 Å². The van der Waals surface area contributed by atoms with E-state index in [9.17, 15) is 8.42 Å². The van der Waals surface area contributed by atoms with Crippen LogP contribution in [0.25, 0.3) is 0 Å². The molecule has 0 aromatic heterocycles. The van der Waals surface area contributed by atoms with Crippen LogP contribution >= 0.6 is 0 Å². The Labute approximate surface area is 116 Å². The van der Waals surface area contributed by atoms with Crippen molar-refractivity contribution in [3.63, 3.8) is 0 Å². The molecule has 1 unspecified atom stereocenters. The highest BCUT2D eigenvalue weighted by molar-refractivity contribution is 7.91. The fraction of sp³-hybridized carbons (Fsp3) is 0.375. The van der Waals surface area contributed by atoms with Gasteiger partial charge in [0.1, 0.15) is 0 Å². The molecule has 0 amide bonds. The average Bonchev–Trinajstić information content (AvgIpc) is 2.38. The van der Waals surface area contributed by atoms with E-state index in [0.29, 0.717) is 10.8 Å². The fourth-order valence-electron chi connectivity index (χ4n) is 1.63. The lowest BCUT2D eigenvalue weighted by molar-refractivity contribution is 0.599. The van der Waals surface area contributed by atoms with E-state index in [4.69, 9.17) is 0 Å². The van der Waals surface area contributed by atoms with Gasteiger partial charge in [-0.15, -0.1) is 6.58 Å². The molecule has 1 aromatic rings. The predicted octanol–water partition coefficient (Wildman–Crippen LogP) is 3.93. The van der Waals surface area contributed by atoms with Crippen LogP contribution in [0.3, 0.4) is 0 Å². The minimum Gasteiger partial charge on any atom is -0.223 e. The van der Waals surface area contributed by atoms with Crippen LogP contribution in [0.5, 0.6) is 0 Å². The van der Waals surface area contributed by atoms with Crippen molar-refractivity contribution in [2.75, 3.05) is 5.75 Å². The second-order valence-corrected chi connectivity index (χ2v) is 6.89. The molecule has 19 heavy (non-hydrogen) atoms. The second-order valence-electron chi connectivity index (χ2n) is 4.86. The van der Waals surface area contributed by atoms with Crippen LogP contribution in [0.15, 0.2) is 54.0 Å². The fourth-order valence-corrected chi connectivity index (χ4v) is 2.76. The first-order valence-electron chi connectivity index (χ1n) is 6.52. The van der Waals surface area contributed by atoms with Crippen LogP contribution in [0.4, 0.5) is 0 Å². The maximum atomic E-state index is 12.0. The zero-order valence-electron chi connectivity index (χ0n) is 11.7. The van der Waals surface area contributed by atoms with Crippen molar-refractivity contribution in [2.24, 2.45) is 5.92 Å². The lowest BCUT2D eigenvalue weighted by atomic mass is 10.1. The van der Waals surface area contributed by atoms with Gasteiger partial charge in [0.05, 0.1) is 10.6 Å². The van der Waals surface area contributed by atoms with Crippen LogP contribution < -0.4 is 0 Å². The molecule has 3 heteroatoms. The SMILES string of the molecule is C=CC(C)CC/C=C/CS(=O)(=O)c1ccc(C)cc1. The Morgan fingerprint density at radius 3 is 2.42 bits per heavy atom. The monoisotopic (exact) mass is 278 g/mol. The summed E-state index contributed by atoms with van der Waals surface area (Å²) in [5.74, 6) is 0.539. The van der Waals surface area contributed by atoms with Gasteiger partial charge in [-0.1, -0.05) is 42.8 Å². The number of aryl methyl sites for hydroxylation is 1. The molecule has 0 N–H and O–H groups in total. The molecular weight excluding hydrogens is 256 g/mol. The third-order valence-electron chi connectivity index (χ3n) is 3.05. The van der Waals surface area contributed by atoms with Gasteiger partial charge in [0, 0.05) is 0 Å². The summed E-state index contributed by atoms with van der Waals surface area (Å²) < 4.78 is 24.1. The summed E-state index contributed by atoms with van der Waals surface area (Å²) in [5, 5.41) is 0. The number of benzene rings is 1. The average molecular weight is 278 g/mol. The molecule has 0 saturated carbocycles. The molecule has 0 radical (unpaired) electrons. The Bertz CT molecular complexity index is 524. The summed E-state index contributed by atoms with van der Waals surface area (Å²) in [6.45, 7) is 7.77. The van der Waals surface area contributed by atoms with Crippen LogP contribution in [0.2, 0.25) is 0 Å². The number of hydrogen-bond acceptors (Lipinski definition) is 2. The Hall–Kier alpha value is -1.35. The lowest BCUT2D eigenvalue weighted by Crippen LogP contribution is -2.04. The highest BCUT2D eigenvalue weighted by Crippen LogP contribution is 2.13. The van der Waals surface area contributed by atoms with Crippen molar-refractivity contribution in [2.45, 2.75) is 31.6 Å². The van der Waals surface area contributed by atoms with Crippen molar-refractivity contribution in [3.8, 4) is 0 Å². The summed E-state index contributed by atoms with van der Waals surface area (Å²) in [5.41, 5.74) is 1.06. The number of hydrogen-bond donors (Lipinski definition) is 0. The molecule has 1 aromatic carbocycles. The van der Waals surface area contributed by atoms with Crippen molar-refractivity contribution in [3.05, 3.63) is 54.6 Å². The first-order valence-corrected chi connectivity index (χ1v) is 8.18. The van der Waals surface area contributed by atoms with Crippen LogP contribution in [-0.4, -0.2) is 14.2 Å². The quantitative estimate of drug-likeness (QED) is 0.708. The molecule has 2 nitrogen and oxygen atoms in total. The third-order valence-corrected chi connectivity index (χ3v) is 4.68. The van der Waals surface area contributed by atoms with Crippen LogP contribution in [0.1, 0.15) is 25.3 Å². The number of allylic oxidation sites excluding steroid dienone is 2. The molecule has 104 valence electrons. The Kier molecular flexibility index (Phi) is 6.03. The van der Waals surface area contributed by atoms with Gasteiger partial charge in [0.15, 0.2) is 9.84 Å². The van der Waals surface area contributed by atoms with E-state index in [0.717, 1.165) is 18.4 Å². The molecule has 0 aliphatic heterocycles. The van der Waals surface area contributed by atoms with E-state index in [1.54, 1.807) is 18.2 Å². The standard InChI is InChI=1S/C16H22O2S/c1-4-14(2)8-6-5-7-13-19(17,18)16-11-9-15(3)10-12-16/h4-5,7,9-12,14H,1,6,8,13H2,2-3H3/b7-5+. The highest BCUT2D eigenvalue weighted by Gasteiger charge is 2.11. The van der Waals surface area contributed by atoms with Crippen LogP contribution in [-0.2, 0) is 9.84 Å². The predicted molar refractivity (Wildman–Crippen MR) is 81.0 cm³/mol. The first-order chi connectivity index (χ1) is 8.95. The zero-order valence-corrected chi connectivity index (χ0v) is 12.5. The molecule has 0 heterocycles. The van der Waals surface area contributed by atoms with Crippen molar-refractivity contribution >= 4 is 9.84 Å². The van der Waals surface area contributed by atoms with E-state index >= 15 is 0 Å². The van der Waals surface area contributed by atoms with Crippen molar-refractivity contribution in [1.82, 2.24) is 0 Å². The van der Waals surface area contributed by atoms with Gasteiger partial charge in [-0.3, -0.25) is 0 Å². The number of sulfone groups is 1. The van der Waals surface area contributed by atoms with E-state index in [1.807, 2.05) is 31.2 Å². The minimum absolute atomic E-state index is 0.0680. The molecule has 1 atom stereocenters. The Morgan fingerprint density at radius 2 is 1.84 bits per heavy atom. The van der Waals surface area contributed by atoms with Gasteiger partial charge < -0.3 is 0 Å². The molecule has 0 aliphatic rings. The van der Waals surface area contributed by atoms with E-state index in [1.165, 1.54) is 0 Å². The summed E-state index contributed by atoms with van der Waals surface area (Å²) in [7, 11) is -3.19. The molecule has 0 saturated heterocycles. The topological polar surface area (TPSA) is 34.1 Å². The van der Waals surface area contributed by atoms with Crippen molar-refractivity contribution in [1.29, 1.82) is 0 Å². The smallest absolute Gasteiger partial charge is 0.181 e. The Balaban J connectivity index is 2.54. The summed E-state index contributed by atoms with van der Waals surface area (Å²) in [6.07, 6.45) is 7.48. The number of rotatable bonds is 7. The maximum Gasteiger partial charge on any atom is 0.181 e. The zero-order chi connectivity index (χ0) is 14.3. The van der Waals surface area contributed by atoms with Gasteiger partial charge >= 0.3 is 0 Å². The molecular formula is C16H22O2S. The van der Waals surface area contributed by atoms with Gasteiger partial charge in [-0.2, -0.15) is 0 Å². The van der Waals surface area contributed by atoms with Gasteiger partial charge in [0.25, 0.3) is 0 Å². The molecule has 0 spiro atoms. The summed E-state index contributed by atoms with van der Waals surface area (Å²) in [6, 6.07) is 6.97. The highest BCUT2D eigenvalue weighted by atomic mass is 32.2.